The first kappa shape index (κ1) is 22.2. The highest BCUT2D eigenvalue weighted by Crippen LogP contribution is 2.33. The van der Waals surface area contributed by atoms with Crippen molar-refractivity contribution < 1.29 is 18.1 Å². The number of hydrogen-bond donors (Lipinski definition) is 0. The van der Waals surface area contributed by atoms with Crippen molar-refractivity contribution in [2.75, 3.05) is 26.2 Å². The average Bonchev–Trinajstić information content (AvgIpc) is 2.78. The number of ether oxygens (including phenoxy) is 1. The van der Waals surface area contributed by atoms with Crippen LogP contribution in [0.1, 0.15) is 31.2 Å². The highest BCUT2D eigenvalue weighted by atomic mass is 32.2. The van der Waals surface area contributed by atoms with Crippen LogP contribution < -0.4 is 4.74 Å². The molecule has 0 bridgehead atoms. The minimum absolute atomic E-state index is 0.152. The molecule has 2 aromatic carbocycles. The van der Waals surface area contributed by atoms with Crippen LogP contribution in [0.25, 0.3) is 0 Å². The molecular formula is C22H26N4O5S. The van der Waals surface area contributed by atoms with Gasteiger partial charge in [-0.15, -0.1) is 0 Å². The van der Waals surface area contributed by atoms with Crippen molar-refractivity contribution in [1.82, 2.24) is 9.21 Å². The van der Waals surface area contributed by atoms with E-state index in [1.807, 2.05) is 18.2 Å². The van der Waals surface area contributed by atoms with Crippen LogP contribution in [0, 0.1) is 10.1 Å². The molecule has 32 heavy (non-hydrogen) atoms. The standard InChI is InChI=1S/C22H26N4O5S/c27-26(28)19-8-9-21-22(15-19)32(29,30)25(17-23-21)12-5-13-31-20-7-4-6-18(14-20)16-24-10-2-1-3-11-24/h4,6-9,14-15,17H,1-3,5,10-13,16H2. The van der Waals surface area contributed by atoms with Gasteiger partial charge in [0.15, 0.2) is 0 Å². The van der Waals surface area contributed by atoms with E-state index in [1.165, 1.54) is 43.3 Å². The monoisotopic (exact) mass is 458 g/mol. The average molecular weight is 459 g/mol. The van der Waals surface area contributed by atoms with Crippen LogP contribution in [0.4, 0.5) is 11.4 Å². The fourth-order valence-electron chi connectivity index (χ4n) is 3.94. The Morgan fingerprint density at radius 3 is 2.69 bits per heavy atom. The van der Waals surface area contributed by atoms with E-state index in [4.69, 9.17) is 4.74 Å². The Kier molecular flexibility index (Phi) is 6.71. The summed E-state index contributed by atoms with van der Waals surface area (Å²) < 4.78 is 32.6. The van der Waals surface area contributed by atoms with Crippen molar-refractivity contribution in [3.63, 3.8) is 0 Å². The molecule has 2 aliphatic heterocycles. The summed E-state index contributed by atoms with van der Waals surface area (Å²) in [5, 5.41) is 11.0. The zero-order chi connectivity index (χ0) is 22.6. The molecule has 0 unspecified atom stereocenters. The molecule has 2 heterocycles. The van der Waals surface area contributed by atoms with Gasteiger partial charge in [0.2, 0.25) is 0 Å². The van der Waals surface area contributed by atoms with Crippen LogP contribution in [0.3, 0.4) is 0 Å². The molecule has 0 radical (unpaired) electrons. The first-order valence-electron chi connectivity index (χ1n) is 10.7. The van der Waals surface area contributed by atoms with Crippen molar-refractivity contribution in [3.05, 3.63) is 58.1 Å². The van der Waals surface area contributed by atoms with Crippen LogP contribution >= 0.6 is 0 Å². The molecule has 2 aliphatic rings. The normalized spacial score (nSPS) is 17.7. The van der Waals surface area contributed by atoms with Crippen LogP contribution in [-0.2, 0) is 16.6 Å². The number of non-ortho nitro benzene ring substituents is 1. The smallest absolute Gasteiger partial charge is 0.270 e. The minimum Gasteiger partial charge on any atom is -0.494 e. The zero-order valence-corrected chi connectivity index (χ0v) is 18.5. The van der Waals surface area contributed by atoms with Gasteiger partial charge >= 0.3 is 0 Å². The van der Waals surface area contributed by atoms with Crippen molar-refractivity contribution in [1.29, 1.82) is 0 Å². The summed E-state index contributed by atoms with van der Waals surface area (Å²) in [6.07, 6.45) is 5.50. The summed E-state index contributed by atoms with van der Waals surface area (Å²) in [5.41, 5.74) is 1.12. The lowest BCUT2D eigenvalue weighted by molar-refractivity contribution is -0.385. The number of nitrogens with zero attached hydrogens (tertiary/aromatic N) is 4. The van der Waals surface area contributed by atoms with Crippen molar-refractivity contribution in [2.45, 2.75) is 37.1 Å². The molecule has 10 heteroatoms. The SMILES string of the molecule is O=[N+]([O-])c1ccc2c(c1)S(=O)(=O)N(CCCOc1cccc(CN3CCCCC3)c1)C=N2. The Labute approximate surface area is 187 Å². The number of rotatable bonds is 8. The van der Waals surface area contributed by atoms with Crippen molar-refractivity contribution >= 4 is 27.7 Å². The molecule has 0 aliphatic carbocycles. The quantitative estimate of drug-likeness (QED) is 0.339. The van der Waals surface area contributed by atoms with Crippen LogP contribution in [0.2, 0.25) is 0 Å². The zero-order valence-electron chi connectivity index (χ0n) is 17.7. The highest BCUT2D eigenvalue weighted by Gasteiger charge is 2.30. The second-order valence-electron chi connectivity index (χ2n) is 7.96. The summed E-state index contributed by atoms with van der Waals surface area (Å²) in [6.45, 7) is 3.67. The molecule has 0 atom stereocenters. The van der Waals surface area contributed by atoms with Gasteiger partial charge in [0.25, 0.3) is 15.7 Å². The predicted octanol–water partition coefficient (Wildman–Crippen LogP) is 3.71. The lowest BCUT2D eigenvalue weighted by atomic mass is 10.1. The Morgan fingerprint density at radius 1 is 1.09 bits per heavy atom. The van der Waals surface area contributed by atoms with E-state index >= 15 is 0 Å². The number of aliphatic imine (C=N–C) groups is 1. The molecule has 0 aromatic heterocycles. The van der Waals surface area contributed by atoms with E-state index in [1.54, 1.807) is 0 Å². The molecule has 170 valence electrons. The summed E-state index contributed by atoms with van der Waals surface area (Å²) in [6, 6.07) is 11.6. The van der Waals surface area contributed by atoms with Crippen molar-refractivity contribution in [2.24, 2.45) is 4.99 Å². The Hall–Kier alpha value is -2.98. The van der Waals surface area contributed by atoms with Gasteiger partial charge in [0, 0.05) is 31.6 Å². The minimum atomic E-state index is -3.89. The molecule has 0 N–H and O–H groups in total. The van der Waals surface area contributed by atoms with Gasteiger partial charge in [-0.3, -0.25) is 19.3 Å². The number of nitro groups is 1. The van der Waals surface area contributed by atoms with Crippen LogP contribution in [0.5, 0.6) is 5.75 Å². The van der Waals surface area contributed by atoms with Gasteiger partial charge < -0.3 is 4.74 Å². The van der Waals surface area contributed by atoms with Crippen molar-refractivity contribution in [3.8, 4) is 5.75 Å². The third-order valence-electron chi connectivity index (χ3n) is 5.61. The van der Waals surface area contributed by atoms with Gasteiger partial charge in [-0.2, -0.15) is 0 Å². The fourth-order valence-corrected chi connectivity index (χ4v) is 5.39. The number of nitro benzene ring substituents is 1. The molecular weight excluding hydrogens is 432 g/mol. The van der Waals surface area contributed by atoms with E-state index in [-0.39, 0.29) is 22.8 Å². The third-order valence-corrected chi connectivity index (χ3v) is 7.39. The van der Waals surface area contributed by atoms with E-state index in [0.717, 1.165) is 35.8 Å². The highest BCUT2D eigenvalue weighted by molar-refractivity contribution is 7.89. The third kappa shape index (κ3) is 5.08. The van der Waals surface area contributed by atoms with Crippen LogP contribution in [-0.4, -0.2) is 55.1 Å². The van der Waals surface area contributed by atoms with E-state index < -0.39 is 14.9 Å². The van der Waals surface area contributed by atoms with E-state index in [9.17, 15) is 18.5 Å². The van der Waals surface area contributed by atoms with Gasteiger partial charge in [-0.05, 0) is 49.7 Å². The number of piperidine rings is 1. The molecule has 4 rings (SSSR count). The van der Waals surface area contributed by atoms with Crippen LogP contribution in [0.15, 0.2) is 52.4 Å². The first-order valence-corrected chi connectivity index (χ1v) is 12.2. The number of likely N-dealkylation sites (tertiary alicyclic amines) is 1. The summed E-state index contributed by atoms with van der Waals surface area (Å²) in [7, 11) is -3.89. The summed E-state index contributed by atoms with van der Waals surface area (Å²) in [5.74, 6) is 0.760. The topological polar surface area (TPSA) is 105 Å². The molecule has 0 saturated carbocycles. The Morgan fingerprint density at radius 2 is 1.91 bits per heavy atom. The fraction of sp³-hybridized carbons (Fsp3) is 0.409. The lowest BCUT2D eigenvalue weighted by Gasteiger charge is -2.26. The number of fused-ring (bicyclic) bond motifs is 1. The molecule has 2 aromatic rings. The number of benzene rings is 2. The molecule has 1 saturated heterocycles. The second kappa shape index (κ2) is 9.66. The Balaban J connectivity index is 1.32. The van der Waals surface area contributed by atoms with Gasteiger partial charge in [-0.1, -0.05) is 18.6 Å². The molecule has 0 spiro atoms. The maximum absolute atomic E-state index is 12.8. The largest absolute Gasteiger partial charge is 0.494 e. The van der Waals surface area contributed by atoms with Gasteiger partial charge in [-0.25, -0.2) is 13.4 Å². The van der Waals surface area contributed by atoms with E-state index in [2.05, 4.69) is 16.0 Å². The van der Waals surface area contributed by atoms with Gasteiger partial charge in [0.05, 0.1) is 17.2 Å². The van der Waals surface area contributed by atoms with Gasteiger partial charge in [0.1, 0.15) is 17.0 Å². The maximum Gasteiger partial charge on any atom is 0.270 e. The Bertz CT molecular complexity index is 1110. The second-order valence-corrected chi connectivity index (χ2v) is 9.81. The molecule has 9 nitrogen and oxygen atoms in total. The predicted molar refractivity (Wildman–Crippen MR) is 121 cm³/mol. The maximum atomic E-state index is 12.8. The van der Waals surface area contributed by atoms with E-state index in [0.29, 0.717) is 13.0 Å². The summed E-state index contributed by atoms with van der Waals surface area (Å²) in [4.78, 5) is 16.8. The summed E-state index contributed by atoms with van der Waals surface area (Å²) >= 11 is 0. The molecule has 0 amide bonds. The molecule has 1 fully saturated rings. The lowest BCUT2D eigenvalue weighted by Crippen LogP contribution is -2.33. The number of hydrogen-bond acceptors (Lipinski definition) is 7. The first-order chi connectivity index (χ1) is 15.4. The number of sulfonamides is 1.